The molecule has 2 rings (SSSR count). The van der Waals surface area contributed by atoms with E-state index in [9.17, 15) is 5.26 Å². The van der Waals surface area contributed by atoms with Crippen LogP contribution in [0.25, 0.3) is 0 Å². The van der Waals surface area contributed by atoms with Gasteiger partial charge in [0.15, 0.2) is 0 Å². The summed E-state index contributed by atoms with van der Waals surface area (Å²) in [6.07, 6.45) is 3.67. The highest BCUT2D eigenvalue weighted by molar-refractivity contribution is 5.25. The third kappa shape index (κ3) is 4.58. The predicted molar refractivity (Wildman–Crippen MR) is 88.0 cm³/mol. The van der Waals surface area contributed by atoms with Gasteiger partial charge >= 0.3 is 0 Å². The van der Waals surface area contributed by atoms with Crippen molar-refractivity contribution < 1.29 is 0 Å². The summed E-state index contributed by atoms with van der Waals surface area (Å²) in [5.74, 6) is -0.0562. The Hall–Kier alpha value is -1.33. The summed E-state index contributed by atoms with van der Waals surface area (Å²) in [6, 6.07) is 13.1. The molecule has 2 nitrogen and oxygen atoms in total. The van der Waals surface area contributed by atoms with Crippen LogP contribution in [-0.2, 0) is 0 Å². The first-order valence-corrected chi connectivity index (χ1v) is 7.99. The fourth-order valence-corrected chi connectivity index (χ4v) is 4.20. The molecule has 0 spiro atoms. The van der Waals surface area contributed by atoms with Crippen LogP contribution in [0.15, 0.2) is 30.3 Å². The van der Waals surface area contributed by atoms with Crippen molar-refractivity contribution in [1.29, 1.82) is 5.26 Å². The zero-order valence-electron chi connectivity index (χ0n) is 13.8. The summed E-state index contributed by atoms with van der Waals surface area (Å²) in [6.45, 7) is 10.2. The van der Waals surface area contributed by atoms with Crippen LogP contribution in [0, 0.1) is 22.2 Å². The maximum absolute atomic E-state index is 9.42. The molecule has 0 heterocycles. The first-order valence-electron chi connectivity index (χ1n) is 7.99. The van der Waals surface area contributed by atoms with Crippen molar-refractivity contribution >= 4 is 0 Å². The second-order valence-electron chi connectivity index (χ2n) is 8.11. The highest BCUT2D eigenvalue weighted by Crippen LogP contribution is 2.45. The normalized spacial score (nSPS) is 22.4. The molecule has 2 heteroatoms. The Kier molecular flexibility index (Phi) is 4.74. The Morgan fingerprint density at radius 1 is 1.14 bits per heavy atom. The van der Waals surface area contributed by atoms with Gasteiger partial charge in [-0.2, -0.15) is 5.26 Å². The summed E-state index contributed by atoms with van der Waals surface area (Å²) >= 11 is 0. The van der Waals surface area contributed by atoms with E-state index >= 15 is 0 Å². The zero-order valence-corrected chi connectivity index (χ0v) is 13.8. The number of nitrogens with one attached hydrogen (secondary N) is 1. The van der Waals surface area contributed by atoms with Gasteiger partial charge < -0.3 is 5.32 Å². The lowest BCUT2D eigenvalue weighted by atomic mass is 9.63. The van der Waals surface area contributed by atoms with Gasteiger partial charge in [-0.05, 0) is 35.7 Å². The fourth-order valence-electron chi connectivity index (χ4n) is 4.20. The molecule has 0 amide bonds. The third-order valence-electron chi connectivity index (χ3n) is 4.52. The average Bonchev–Trinajstić information content (AvgIpc) is 2.37. The molecule has 1 N–H and O–H groups in total. The fraction of sp³-hybridized carbons (Fsp3) is 0.632. The largest absolute Gasteiger partial charge is 0.312 e. The maximum atomic E-state index is 9.42. The monoisotopic (exact) mass is 284 g/mol. The second kappa shape index (κ2) is 6.20. The van der Waals surface area contributed by atoms with Crippen molar-refractivity contribution in [3.05, 3.63) is 35.9 Å². The molecule has 21 heavy (non-hydrogen) atoms. The van der Waals surface area contributed by atoms with E-state index in [0.717, 1.165) is 12.1 Å². The van der Waals surface area contributed by atoms with Crippen molar-refractivity contribution in [2.75, 3.05) is 6.54 Å². The molecule has 1 aromatic carbocycles. The number of rotatable bonds is 4. The van der Waals surface area contributed by atoms with Crippen molar-refractivity contribution in [2.24, 2.45) is 10.8 Å². The first-order chi connectivity index (χ1) is 9.81. The van der Waals surface area contributed by atoms with E-state index in [1.54, 1.807) is 0 Å². The second-order valence-corrected chi connectivity index (χ2v) is 8.11. The molecule has 0 aliphatic heterocycles. The van der Waals surface area contributed by atoms with Crippen LogP contribution in [0.5, 0.6) is 0 Å². The minimum atomic E-state index is -0.0562. The van der Waals surface area contributed by atoms with Gasteiger partial charge in [0, 0.05) is 12.6 Å². The smallest absolute Gasteiger partial charge is 0.0837 e. The SMILES string of the molecule is CC1(C)CC(NCC(C#N)c2ccccc2)CC(C)(C)C1. The number of hydrogen-bond donors (Lipinski definition) is 1. The maximum Gasteiger partial charge on any atom is 0.0837 e. The molecule has 0 aromatic heterocycles. The van der Waals surface area contributed by atoms with E-state index in [1.165, 1.54) is 19.3 Å². The predicted octanol–water partition coefficient (Wildman–Crippen LogP) is 4.49. The zero-order chi connectivity index (χ0) is 15.5. The van der Waals surface area contributed by atoms with E-state index in [2.05, 4.69) is 39.1 Å². The standard InChI is InChI=1S/C19H28N2/c1-18(2)10-17(11-19(3,4)14-18)21-13-16(12-20)15-8-6-5-7-9-15/h5-9,16-17,21H,10-11,13-14H2,1-4H3. The van der Waals surface area contributed by atoms with Crippen molar-refractivity contribution in [3.63, 3.8) is 0 Å². The third-order valence-corrected chi connectivity index (χ3v) is 4.52. The van der Waals surface area contributed by atoms with Crippen LogP contribution >= 0.6 is 0 Å². The lowest BCUT2D eigenvalue weighted by Crippen LogP contribution is -2.44. The summed E-state index contributed by atoms with van der Waals surface area (Å²) in [7, 11) is 0. The van der Waals surface area contributed by atoms with Gasteiger partial charge in [-0.15, -0.1) is 0 Å². The van der Waals surface area contributed by atoms with Crippen molar-refractivity contribution in [2.45, 2.75) is 58.9 Å². The average molecular weight is 284 g/mol. The molecule has 1 aliphatic rings. The van der Waals surface area contributed by atoms with E-state index < -0.39 is 0 Å². The van der Waals surface area contributed by atoms with Crippen LogP contribution in [0.2, 0.25) is 0 Å². The minimum Gasteiger partial charge on any atom is -0.312 e. The van der Waals surface area contributed by atoms with Gasteiger partial charge in [-0.25, -0.2) is 0 Å². The topological polar surface area (TPSA) is 35.8 Å². The quantitative estimate of drug-likeness (QED) is 0.884. The first kappa shape index (κ1) is 16.0. The Labute approximate surface area is 129 Å². The molecule has 114 valence electrons. The van der Waals surface area contributed by atoms with Crippen LogP contribution in [0.1, 0.15) is 58.4 Å². The molecule has 1 aromatic rings. The van der Waals surface area contributed by atoms with Crippen LogP contribution in [0.3, 0.4) is 0 Å². The van der Waals surface area contributed by atoms with Gasteiger partial charge in [0.1, 0.15) is 0 Å². The summed E-state index contributed by atoms with van der Waals surface area (Å²) in [4.78, 5) is 0. The van der Waals surface area contributed by atoms with E-state index in [0.29, 0.717) is 16.9 Å². The number of hydrogen-bond acceptors (Lipinski definition) is 2. The molecule has 0 radical (unpaired) electrons. The highest BCUT2D eigenvalue weighted by atomic mass is 14.9. The number of benzene rings is 1. The van der Waals surface area contributed by atoms with Gasteiger partial charge in [0.25, 0.3) is 0 Å². The molecule has 0 bridgehead atoms. The lowest BCUT2D eigenvalue weighted by Gasteiger charge is -2.45. The van der Waals surface area contributed by atoms with E-state index in [4.69, 9.17) is 0 Å². The molecule has 1 saturated carbocycles. The Morgan fingerprint density at radius 2 is 1.71 bits per heavy atom. The lowest BCUT2D eigenvalue weighted by molar-refractivity contribution is 0.0851. The molecule has 0 saturated heterocycles. The van der Waals surface area contributed by atoms with Crippen LogP contribution < -0.4 is 5.32 Å². The molecule has 1 fully saturated rings. The Morgan fingerprint density at radius 3 is 2.24 bits per heavy atom. The van der Waals surface area contributed by atoms with Gasteiger partial charge in [0.05, 0.1) is 12.0 Å². The highest BCUT2D eigenvalue weighted by Gasteiger charge is 2.38. The summed E-state index contributed by atoms with van der Waals surface area (Å²) in [5.41, 5.74) is 1.88. The number of nitriles is 1. The summed E-state index contributed by atoms with van der Waals surface area (Å²) in [5, 5.41) is 13.1. The summed E-state index contributed by atoms with van der Waals surface area (Å²) < 4.78 is 0. The molecule has 1 unspecified atom stereocenters. The molecular weight excluding hydrogens is 256 g/mol. The molecular formula is C19H28N2. The van der Waals surface area contributed by atoms with E-state index in [1.807, 2.05) is 30.3 Å². The van der Waals surface area contributed by atoms with Crippen LogP contribution in [-0.4, -0.2) is 12.6 Å². The van der Waals surface area contributed by atoms with E-state index in [-0.39, 0.29) is 5.92 Å². The van der Waals surface area contributed by atoms with Crippen molar-refractivity contribution in [1.82, 2.24) is 5.32 Å². The Balaban J connectivity index is 1.97. The van der Waals surface area contributed by atoms with Gasteiger partial charge in [-0.3, -0.25) is 0 Å². The molecule has 1 aliphatic carbocycles. The Bertz CT molecular complexity index is 480. The molecule has 1 atom stereocenters. The van der Waals surface area contributed by atoms with Crippen LogP contribution in [0.4, 0.5) is 0 Å². The van der Waals surface area contributed by atoms with Gasteiger partial charge in [0.2, 0.25) is 0 Å². The van der Waals surface area contributed by atoms with Crippen molar-refractivity contribution in [3.8, 4) is 6.07 Å². The minimum absolute atomic E-state index is 0.0562. The number of nitrogens with zero attached hydrogens (tertiary/aromatic N) is 1. The van der Waals surface area contributed by atoms with Gasteiger partial charge in [-0.1, -0.05) is 58.0 Å².